The molecule has 3 N–H and O–H groups in total. The molecule has 0 saturated carbocycles. The molecule has 0 bridgehead atoms. The summed E-state index contributed by atoms with van der Waals surface area (Å²) in [7, 11) is 1.86. The molecule has 0 aromatic carbocycles. The Morgan fingerprint density at radius 2 is 2.22 bits per heavy atom. The summed E-state index contributed by atoms with van der Waals surface area (Å²) in [6.45, 7) is 3.15. The first-order chi connectivity index (χ1) is 11.0. The second-order valence-corrected chi connectivity index (χ2v) is 5.81. The zero-order valence-corrected chi connectivity index (χ0v) is 13.1. The lowest BCUT2D eigenvalue weighted by atomic mass is 10.1. The predicted molar refractivity (Wildman–Crippen MR) is 85.7 cm³/mol. The Bertz CT molecular complexity index is 870. The van der Waals surface area contributed by atoms with E-state index in [0.29, 0.717) is 17.5 Å². The van der Waals surface area contributed by atoms with Gasteiger partial charge in [-0.05, 0) is 38.4 Å². The zero-order chi connectivity index (χ0) is 16.6. The molecule has 1 fully saturated rings. The molecule has 0 aliphatic carbocycles. The molecule has 1 aliphatic rings. The molecule has 1 saturated heterocycles. The Labute approximate surface area is 131 Å². The van der Waals surface area contributed by atoms with E-state index in [1.54, 1.807) is 17.9 Å². The van der Waals surface area contributed by atoms with Crippen LogP contribution in [0, 0.1) is 6.92 Å². The molecule has 3 rings (SSSR count). The number of fused-ring (bicyclic) bond motifs is 1. The van der Waals surface area contributed by atoms with Crippen LogP contribution >= 0.6 is 0 Å². The summed E-state index contributed by atoms with van der Waals surface area (Å²) in [5, 5.41) is 3.39. The second-order valence-electron chi connectivity index (χ2n) is 5.81. The minimum atomic E-state index is -0.631. The predicted octanol–water partition coefficient (Wildman–Crippen LogP) is -0.256. The van der Waals surface area contributed by atoms with Gasteiger partial charge in [-0.15, -0.1) is 0 Å². The molecule has 3 heterocycles. The van der Waals surface area contributed by atoms with Crippen LogP contribution in [-0.4, -0.2) is 51.9 Å². The number of H-pyrrole nitrogens is 2. The van der Waals surface area contributed by atoms with Gasteiger partial charge in [-0.25, -0.2) is 9.78 Å². The van der Waals surface area contributed by atoms with E-state index in [1.165, 1.54) is 0 Å². The van der Waals surface area contributed by atoms with Gasteiger partial charge in [0.25, 0.3) is 11.5 Å². The van der Waals surface area contributed by atoms with Crippen molar-refractivity contribution in [3.63, 3.8) is 0 Å². The number of aromatic amines is 2. The smallest absolute Gasteiger partial charge is 0.327 e. The van der Waals surface area contributed by atoms with Gasteiger partial charge in [-0.1, -0.05) is 0 Å². The Kier molecular flexibility index (Phi) is 3.99. The first kappa shape index (κ1) is 15.4. The van der Waals surface area contributed by atoms with E-state index in [1.807, 2.05) is 7.05 Å². The lowest BCUT2D eigenvalue weighted by Crippen LogP contribution is -2.41. The van der Waals surface area contributed by atoms with Gasteiger partial charge in [0.2, 0.25) is 0 Å². The second kappa shape index (κ2) is 5.96. The number of likely N-dealkylation sites (tertiary alicyclic amines) is 1. The zero-order valence-electron chi connectivity index (χ0n) is 13.1. The third-order valence-corrected chi connectivity index (χ3v) is 4.20. The highest BCUT2D eigenvalue weighted by atomic mass is 16.2. The minimum absolute atomic E-state index is 0.142. The van der Waals surface area contributed by atoms with E-state index < -0.39 is 11.2 Å². The van der Waals surface area contributed by atoms with Gasteiger partial charge in [0, 0.05) is 19.1 Å². The third-order valence-electron chi connectivity index (χ3n) is 4.20. The van der Waals surface area contributed by atoms with Crippen molar-refractivity contribution in [3.8, 4) is 0 Å². The normalized spacial score (nSPS) is 17.8. The van der Waals surface area contributed by atoms with Crippen LogP contribution in [0.5, 0.6) is 0 Å². The van der Waals surface area contributed by atoms with Gasteiger partial charge in [-0.2, -0.15) is 0 Å². The largest absolute Gasteiger partial charge is 0.333 e. The van der Waals surface area contributed by atoms with Crippen molar-refractivity contribution < 1.29 is 4.79 Å². The summed E-state index contributed by atoms with van der Waals surface area (Å²) >= 11 is 0. The van der Waals surface area contributed by atoms with Crippen molar-refractivity contribution >= 4 is 16.9 Å². The third kappa shape index (κ3) is 2.77. The summed E-state index contributed by atoms with van der Waals surface area (Å²) < 4.78 is 0. The molecular weight excluding hydrogens is 298 g/mol. The van der Waals surface area contributed by atoms with Crippen molar-refractivity contribution in [3.05, 3.63) is 38.2 Å². The Hall–Kier alpha value is -2.48. The van der Waals surface area contributed by atoms with Crippen molar-refractivity contribution in [1.82, 2.24) is 25.2 Å². The van der Waals surface area contributed by atoms with E-state index >= 15 is 0 Å². The van der Waals surface area contributed by atoms with Gasteiger partial charge in [-0.3, -0.25) is 19.6 Å². The molecule has 2 aromatic heterocycles. The summed E-state index contributed by atoms with van der Waals surface area (Å²) in [5.41, 5.74) is -0.124. The van der Waals surface area contributed by atoms with Gasteiger partial charge < -0.3 is 10.2 Å². The number of likely N-dealkylation sites (N-methyl/N-ethyl adjacent to an activating group) is 1. The van der Waals surface area contributed by atoms with Crippen molar-refractivity contribution in [2.24, 2.45) is 0 Å². The van der Waals surface area contributed by atoms with Gasteiger partial charge in [0.15, 0.2) is 0 Å². The molecular formula is C15H19N5O3. The van der Waals surface area contributed by atoms with Crippen LogP contribution in [0.2, 0.25) is 0 Å². The number of nitrogens with zero attached hydrogens (tertiary/aromatic N) is 2. The average Bonchev–Trinajstić information content (AvgIpc) is 2.93. The summed E-state index contributed by atoms with van der Waals surface area (Å²) in [5.74, 6) is -0.172. The number of carbonyl (C=O) groups excluding carboxylic acids is 1. The van der Waals surface area contributed by atoms with E-state index in [2.05, 4.69) is 20.3 Å². The summed E-state index contributed by atoms with van der Waals surface area (Å²) in [6, 6.07) is 1.75. The number of aromatic nitrogens is 3. The molecule has 0 spiro atoms. The number of amides is 1. The highest BCUT2D eigenvalue weighted by Gasteiger charge is 2.30. The topological polar surface area (TPSA) is 111 Å². The Balaban J connectivity index is 2.05. The molecule has 23 heavy (non-hydrogen) atoms. The number of nitrogens with one attached hydrogen (secondary N) is 3. The monoisotopic (exact) mass is 317 g/mol. The molecule has 8 heteroatoms. The summed E-state index contributed by atoms with van der Waals surface area (Å²) in [6.07, 6.45) is 1.91. The molecule has 122 valence electrons. The lowest BCUT2D eigenvalue weighted by Gasteiger charge is -2.24. The van der Waals surface area contributed by atoms with Crippen LogP contribution in [0.1, 0.15) is 28.9 Å². The minimum Gasteiger partial charge on any atom is -0.333 e. The maximum absolute atomic E-state index is 12.8. The van der Waals surface area contributed by atoms with Crippen LogP contribution in [-0.2, 0) is 0 Å². The first-order valence-corrected chi connectivity index (χ1v) is 7.61. The average molecular weight is 317 g/mol. The molecule has 2 aromatic rings. The van der Waals surface area contributed by atoms with E-state index in [9.17, 15) is 14.4 Å². The van der Waals surface area contributed by atoms with Crippen LogP contribution in [0.4, 0.5) is 0 Å². The fourth-order valence-corrected chi connectivity index (χ4v) is 3.16. The standard InChI is InChI=1S/C15H19N5O3/c1-8-6-10(14(22)20-5-3-4-9(20)7-16-2)17-12-11(8)13(21)19-15(23)18-12/h6,9,16H,3-5,7H2,1-2H3,(H2,17,18,19,21,23)/t9-/m1/s1. The number of rotatable bonds is 3. The highest BCUT2D eigenvalue weighted by Crippen LogP contribution is 2.20. The Morgan fingerprint density at radius 3 is 2.96 bits per heavy atom. The SMILES string of the molecule is CNC[C@H]1CCCN1C(=O)c1cc(C)c2c(=O)[nH]c(=O)[nH]c2n1. The van der Waals surface area contributed by atoms with Crippen LogP contribution in [0.15, 0.2) is 15.7 Å². The maximum atomic E-state index is 12.8. The van der Waals surface area contributed by atoms with E-state index in [4.69, 9.17) is 0 Å². The lowest BCUT2D eigenvalue weighted by molar-refractivity contribution is 0.0731. The first-order valence-electron chi connectivity index (χ1n) is 7.61. The number of pyridine rings is 1. The van der Waals surface area contributed by atoms with Gasteiger partial charge >= 0.3 is 5.69 Å². The van der Waals surface area contributed by atoms with E-state index in [-0.39, 0.29) is 23.3 Å². The summed E-state index contributed by atoms with van der Waals surface area (Å²) in [4.78, 5) is 46.7. The Morgan fingerprint density at radius 1 is 1.43 bits per heavy atom. The highest BCUT2D eigenvalue weighted by molar-refractivity contribution is 5.95. The molecule has 1 aliphatic heterocycles. The molecule has 1 atom stereocenters. The van der Waals surface area contributed by atoms with Crippen molar-refractivity contribution in [2.45, 2.75) is 25.8 Å². The number of hydrogen-bond acceptors (Lipinski definition) is 5. The van der Waals surface area contributed by atoms with Gasteiger partial charge in [0.1, 0.15) is 11.3 Å². The molecule has 8 nitrogen and oxygen atoms in total. The fraction of sp³-hybridized carbons (Fsp3) is 0.467. The molecule has 0 unspecified atom stereocenters. The maximum Gasteiger partial charge on any atom is 0.327 e. The molecule has 1 amide bonds. The number of hydrogen-bond donors (Lipinski definition) is 3. The van der Waals surface area contributed by atoms with E-state index in [0.717, 1.165) is 19.4 Å². The van der Waals surface area contributed by atoms with Crippen LogP contribution < -0.4 is 16.6 Å². The fourth-order valence-electron chi connectivity index (χ4n) is 3.16. The van der Waals surface area contributed by atoms with Gasteiger partial charge in [0.05, 0.1) is 5.39 Å². The quantitative estimate of drug-likeness (QED) is 0.722. The number of carbonyl (C=O) groups is 1. The van der Waals surface area contributed by atoms with Crippen molar-refractivity contribution in [2.75, 3.05) is 20.1 Å². The van der Waals surface area contributed by atoms with Crippen LogP contribution in [0.25, 0.3) is 11.0 Å². The molecule has 0 radical (unpaired) electrons. The number of aryl methyl sites for hydroxylation is 1. The van der Waals surface area contributed by atoms with Crippen molar-refractivity contribution in [1.29, 1.82) is 0 Å². The van der Waals surface area contributed by atoms with Crippen LogP contribution in [0.3, 0.4) is 0 Å².